The van der Waals surface area contributed by atoms with E-state index in [1.54, 1.807) is 18.4 Å². The third kappa shape index (κ3) is 8.87. The standard InChI is InChI=1S/C19H28N6OS.HI/c1-13(2)23-19(26)25-16-7-5-15(6-8-16)11-22-18(20-4)21-10-9-17-12-27-14(3)24-17;/h5-8,12-13H,9-11H2,1-4H3,(H2,20,21,22)(H2,23,25,26);1H. The van der Waals surface area contributed by atoms with E-state index in [9.17, 15) is 4.79 Å². The van der Waals surface area contributed by atoms with Crippen molar-refractivity contribution in [1.82, 2.24) is 20.9 Å². The van der Waals surface area contributed by atoms with Gasteiger partial charge in [0.25, 0.3) is 0 Å². The molecule has 0 aliphatic carbocycles. The van der Waals surface area contributed by atoms with E-state index in [2.05, 4.69) is 36.6 Å². The van der Waals surface area contributed by atoms with Crippen LogP contribution in [0.3, 0.4) is 0 Å². The van der Waals surface area contributed by atoms with Gasteiger partial charge in [0.05, 0.1) is 10.7 Å². The molecule has 0 saturated heterocycles. The lowest BCUT2D eigenvalue weighted by molar-refractivity contribution is 0.250. The van der Waals surface area contributed by atoms with Crippen molar-refractivity contribution in [3.63, 3.8) is 0 Å². The number of carbonyl (C=O) groups is 1. The van der Waals surface area contributed by atoms with Crippen molar-refractivity contribution in [3.8, 4) is 0 Å². The van der Waals surface area contributed by atoms with Gasteiger partial charge in [-0.3, -0.25) is 4.99 Å². The first-order valence-corrected chi connectivity index (χ1v) is 9.86. The summed E-state index contributed by atoms with van der Waals surface area (Å²) in [6, 6.07) is 7.63. The number of urea groups is 1. The molecular weight excluding hydrogens is 487 g/mol. The summed E-state index contributed by atoms with van der Waals surface area (Å²) in [5.74, 6) is 0.750. The normalized spacial score (nSPS) is 11.0. The zero-order valence-electron chi connectivity index (χ0n) is 16.7. The fourth-order valence-corrected chi connectivity index (χ4v) is 3.02. The van der Waals surface area contributed by atoms with Gasteiger partial charge in [0.1, 0.15) is 0 Å². The molecule has 2 rings (SSSR count). The van der Waals surface area contributed by atoms with Crippen LogP contribution in [-0.2, 0) is 13.0 Å². The quantitative estimate of drug-likeness (QED) is 0.258. The molecule has 1 aromatic heterocycles. The van der Waals surface area contributed by atoms with E-state index in [0.29, 0.717) is 6.54 Å². The molecule has 2 amide bonds. The summed E-state index contributed by atoms with van der Waals surface area (Å²) in [7, 11) is 1.75. The maximum Gasteiger partial charge on any atom is 0.319 e. The fourth-order valence-electron chi connectivity index (χ4n) is 2.37. The Morgan fingerprint density at radius 3 is 2.50 bits per heavy atom. The molecule has 1 aromatic carbocycles. The second kappa shape index (κ2) is 12.6. The molecule has 0 aliphatic rings. The van der Waals surface area contributed by atoms with Crippen molar-refractivity contribution in [3.05, 3.63) is 45.9 Å². The first-order valence-electron chi connectivity index (χ1n) is 8.98. The number of aryl methyl sites for hydroxylation is 1. The van der Waals surface area contributed by atoms with Gasteiger partial charge in [-0.15, -0.1) is 35.3 Å². The molecule has 0 bridgehead atoms. The third-order valence-corrected chi connectivity index (χ3v) is 4.48. The second-order valence-corrected chi connectivity index (χ2v) is 7.47. The van der Waals surface area contributed by atoms with Crippen LogP contribution in [0.1, 0.15) is 30.1 Å². The van der Waals surface area contributed by atoms with Crippen LogP contribution < -0.4 is 21.3 Å². The summed E-state index contributed by atoms with van der Waals surface area (Å²) in [5, 5.41) is 15.4. The number of aliphatic imine (C=N–C) groups is 1. The van der Waals surface area contributed by atoms with Crippen LogP contribution in [-0.4, -0.2) is 36.6 Å². The Labute approximate surface area is 187 Å². The van der Waals surface area contributed by atoms with Crippen LogP contribution in [0.2, 0.25) is 0 Å². The topological polar surface area (TPSA) is 90.4 Å². The Balaban J connectivity index is 0.00000392. The molecule has 0 aliphatic heterocycles. The van der Waals surface area contributed by atoms with E-state index in [-0.39, 0.29) is 36.0 Å². The predicted molar refractivity (Wildman–Crippen MR) is 128 cm³/mol. The summed E-state index contributed by atoms with van der Waals surface area (Å²) in [5.41, 5.74) is 2.96. The predicted octanol–water partition coefficient (Wildman–Crippen LogP) is 3.51. The van der Waals surface area contributed by atoms with Crippen LogP contribution in [0, 0.1) is 6.92 Å². The fraction of sp³-hybridized carbons (Fsp3) is 0.421. The number of nitrogens with one attached hydrogen (secondary N) is 4. The summed E-state index contributed by atoms with van der Waals surface area (Å²) in [6.07, 6.45) is 0.865. The van der Waals surface area contributed by atoms with E-state index >= 15 is 0 Å². The highest BCUT2D eigenvalue weighted by molar-refractivity contribution is 14.0. The minimum absolute atomic E-state index is 0. The Hall–Kier alpha value is -1.88. The Morgan fingerprint density at radius 2 is 1.93 bits per heavy atom. The lowest BCUT2D eigenvalue weighted by Crippen LogP contribution is -2.37. The van der Waals surface area contributed by atoms with Crippen molar-refractivity contribution in [2.45, 2.75) is 39.8 Å². The van der Waals surface area contributed by atoms with E-state index in [0.717, 1.165) is 40.9 Å². The number of thiazole rings is 1. The van der Waals surface area contributed by atoms with Gasteiger partial charge < -0.3 is 21.3 Å². The minimum atomic E-state index is -0.198. The van der Waals surface area contributed by atoms with Crippen molar-refractivity contribution >= 4 is 53.0 Å². The molecule has 0 atom stereocenters. The molecule has 2 aromatic rings. The summed E-state index contributed by atoms with van der Waals surface area (Å²) < 4.78 is 0. The zero-order valence-corrected chi connectivity index (χ0v) is 19.9. The number of hydrogen-bond acceptors (Lipinski definition) is 4. The largest absolute Gasteiger partial charge is 0.356 e. The number of hydrogen-bond donors (Lipinski definition) is 4. The molecule has 0 spiro atoms. The molecule has 7 nitrogen and oxygen atoms in total. The van der Waals surface area contributed by atoms with Gasteiger partial charge in [-0.25, -0.2) is 9.78 Å². The maximum atomic E-state index is 11.7. The van der Waals surface area contributed by atoms with Crippen LogP contribution >= 0.6 is 35.3 Å². The van der Waals surface area contributed by atoms with E-state index in [1.807, 2.05) is 45.0 Å². The highest BCUT2D eigenvalue weighted by Gasteiger charge is 2.04. The van der Waals surface area contributed by atoms with E-state index in [4.69, 9.17) is 0 Å². The van der Waals surface area contributed by atoms with Gasteiger partial charge in [0, 0.05) is 43.7 Å². The van der Waals surface area contributed by atoms with Crippen molar-refractivity contribution in [2.24, 2.45) is 4.99 Å². The zero-order chi connectivity index (χ0) is 19.6. The number of rotatable bonds is 7. The Bertz CT molecular complexity index is 760. The Morgan fingerprint density at radius 1 is 1.21 bits per heavy atom. The molecule has 0 unspecified atom stereocenters. The monoisotopic (exact) mass is 516 g/mol. The molecule has 0 radical (unpaired) electrons. The molecule has 4 N–H and O–H groups in total. The number of aromatic nitrogens is 1. The summed E-state index contributed by atoms with van der Waals surface area (Å²) >= 11 is 1.67. The molecule has 1 heterocycles. The van der Waals surface area contributed by atoms with E-state index < -0.39 is 0 Å². The first kappa shape index (κ1) is 24.2. The van der Waals surface area contributed by atoms with Crippen molar-refractivity contribution in [2.75, 3.05) is 18.9 Å². The maximum absolute atomic E-state index is 11.7. The number of carbonyl (C=O) groups excluding carboxylic acids is 1. The van der Waals surface area contributed by atoms with Crippen molar-refractivity contribution < 1.29 is 4.79 Å². The number of amides is 2. The molecule has 0 saturated carbocycles. The summed E-state index contributed by atoms with van der Waals surface area (Å²) in [4.78, 5) is 20.4. The van der Waals surface area contributed by atoms with E-state index in [1.165, 1.54) is 0 Å². The average molecular weight is 516 g/mol. The van der Waals surface area contributed by atoms with Crippen molar-refractivity contribution in [1.29, 1.82) is 0 Å². The second-order valence-electron chi connectivity index (χ2n) is 6.41. The first-order chi connectivity index (χ1) is 13.0. The SMILES string of the molecule is CN=C(NCCc1csc(C)n1)NCc1ccc(NC(=O)NC(C)C)cc1.I. The molecule has 154 valence electrons. The lowest BCUT2D eigenvalue weighted by Gasteiger charge is -2.12. The molecule has 9 heteroatoms. The van der Waals surface area contributed by atoms with Gasteiger partial charge in [0.15, 0.2) is 5.96 Å². The highest BCUT2D eigenvalue weighted by atomic mass is 127. The van der Waals surface area contributed by atoms with Crippen LogP contribution in [0.15, 0.2) is 34.6 Å². The molecule has 0 fully saturated rings. The van der Waals surface area contributed by atoms with Crippen LogP contribution in [0.25, 0.3) is 0 Å². The highest BCUT2D eigenvalue weighted by Crippen LogP contribution is 2.10. The van der Waals surface area contributed by atoms with Gasteiger partial charge in [-0.2, -0.15) is 0 Å². The number of nitrogens with zero attached hydrogens (tertiary/aromatic N) is 2. The number of benzene rings is 1. The van der Waals surface area contributed by atoms with Crippen LogP contribution in [0.5, 0.6) is 0 Å². The summed E-state index contributed by atoms with van der Waals surface area (Å²) in [6.45, 7) is 7.28. The number of anilines is 1. The lowest BCUT2D eigenvalue weighted by atomic mass is 10.2. The minimum Gasteiger partial charge on any atom is -0.356 e. The van der Waals surface area contributed by atoms with Gasteiger partial charge in [0.2, 0.25) is 0 Å². The number of guanidine groups is 1. The molecule has 28 heavy (non-hydrogen) atoms. The van der Waals surface area contributed by atoms with Gasteiger partial charge in [-0.1, -0.05) is 12.1 Å². The van der Waals surface area contributed by atoms with Gasteiger partial charge >= 0.3 is 6.03 Å². The van der Waals surface area contributed by atoms with Gasteiger partial charge in [-0.05, 0) is 38.5 Å². The number of halogens is 1. The average Bonchev–Trinajstić information content (AvgIpc) is 3.03. The Kier molecular flexibility index (Phi) is 10.8. The smallest absolute Gasteiger partial charge is 0.319 e. The molecular formula is C19H29IN6OS. The third-order valence-electron chi connectivity index (χ3n) is 3.66. The van der Waals surface area contributed by atoms with Crippen LogP contribution in [0.4, 0.5) is 10.5 Å².